The summed E-state index contributed by atoms with van der Waals surface area (Å²) >= 11 is 0. The molecule has 2 aliphatic heterocycles. The van der Waals surface area contributed by atoms with E-state index >= 15 is 0 Å². The molecule has 0 amide bonds. The largest absolute Gasteiger partial charge is 0.418 e. The van der Waals surface area contributed by atoms with Crippen LogP contribution < -0.4 is 5.30 Å². The molecule has 0 radical (unpaired) electrons. The van der Waals surface area contributed by atoms with E-state index in [1.807, 2.05) is 93.2 Å². The van der Waals surface area contributed by atoms with Crippen molar-refractivity contribution in [2.75, 3.05) is 20.1 Å². The Morgan fingerprint density at radius 2 is 1.48 bits per heavy atom. The molecular weight excluding hydrogens is 560 g/mol. The number of hydrogen-bond donors (Lipinski definition) is 0. The minimum absolute atomic E-state index is 0.107. The Balaban J connectivity index is 1.75. The summed E-state index contributed by atoms with van der Waals surface area (Å²) < 4.78 is 60.5. The number of amidine groups is 1. The predicted octanol–water partition coefficient (Wildman–Crippen LogP) is 7.32. The Bertz CT molecular complexity index is 1680. The van der Waals surface area contributed by atoms with Crippen molar-refractivity contribution >= 4 is 30.0 Å². The first-order chi connectivity index (χ1) is 20.1. The Kier molecular flexibility index (Phi) is 7.33. The van der Waals surface area contributed by atoms with Gasteiger partial charge in [-0.25, -0.2) is 19.1 Å². The lowest BCUT2D eigenvalue weighted by molar-refractivity contribution is -0.137. The van der Waals surface area contributed by atoms with Crippen molar-refractivity contribution in [3.63, 3.8) is 0 Å². The van der Waals surface area contributed by atoms with Crippen LogP contribution in [-0.2, 0) is 10.9 Å². The van der Waals surface area contributed by atoms with Gasteiger partial charge in [0.05, 0.1) is 40.1 Å². The van der Waals surface area contributed by atoms with Crippen molar-refractivity contribution in [1.29, 1.82) is 0 Å². The van der Waals surface area contributed by atoms with Gasteiger partial charge in [0.2, 0.25) is 0 Å². The minimum atomic E-state index is -4.58. The number of hydrogen-bond acceptors (Lipinski definition) is 4. The second kappa shape index (κ2) is 10.8. The zero-order chi connectivity index (χ0) is 29.6. The molecule has 3 aromatic carbocycles. The lowest BCUT2D eigenvalue weighted by atomic mass is 10.2. The SMILES string of the molecule is Cc1nn(-c2ccccc2)c2c1[P@@](=Nc1ccccc1C(F)(F)F)(N1C[C@@H](C)O[C@@H](C)C1)N(C)C(c1ccccc1)=N2. The zero-order valence-corrected chi connectivity index (χ0v) is 24.7. The molecule has 1 aromatic heterocycles. The average molecular weight is 593 g/mol. The van der Waals surface area contributed by atoms with Gasteiger partial charge in [-0.15, -0.1) is 0 Å². The van der Waals surface area contributed by atoms with E-state index in [0.717, 1.165) is 22.6 Å². The molecule has 1 fully saturated rings. The molecule has 11 heteroatoms. The number of aromatic nitrogens is 2. The van der Waals surface area contributed by atoms with Gasteiger partial charge in [-0.2, -0.15) is 18.3 Å². The van der Waals surface area contributed by atoms with Crippen LogP contribution in [-0.4, -0.2) is 57.3 Å². The summed E-state index contributed by atoms with van der Waals surface area (Å²) in [4.78, 5) is 5.17. The minimum Gasteiger partial charge on any atom is -0.373 e. The van der Waals surface area contributed by atoms with E-state index in [0.29, 0.717) is 30.4 Å². The molecule has 0 bridgehead atoms. The third-order valence-corrected chi connectivity index (χ3v) is 11.3. The van der Waals surface area contributed by atoms with E-state index in [1.54, 1.807) is 10.7 Å². The Morgan fingerprint density at radius 3 is 2.12 bits per heavy atom. The highest BCUT2D eigenvalue weighted by Gasteiger charge is 2.47. The van der Waals surface area contributed by atoms with Crippen LogP contribution in [0.5, 0.6) is 0 Å². The molecule has 0 unspecified atom stereocenters. The molecule has 0 spiro atoms. The standard InChI is InChI=1S/C31H32F3N6OP/c1-21-19-39(20-22(2)41-21)42(37-27-18-12-11-17-26(27)31(32,33)34)28-23(3)36-40(25-15-9-6-10-16-25)30(28)35-29(38(42)4)24-13-7-5-8-14-24/h5-18,21-22H,19-20H2,1-4H3/t21-,22+,42-/m0/s1. The van der Waals surface area contributed by atoms with Crippen LogP contribution in [0.15, 0.2) is 94.7 Å². The lowest BCUT2D eigenvalue weighted by Gasteiger charge is -2.49. The van der Waals surface area contributed by atoms with Crippen LogP contribution >= 0.6 is 7.36 Å². The van der Waals surface area contributed by atoms with Crippen LogP contribution in [0.4, 0.5) is 24.7 Å². The zero-order valence-electron chi connectivity index (χ0n) is 23.8. The number of morpholine rings is 1. The maximum Gasteiger partial charge on any atom is 0.418 e. The molecule has 42 heavy (non-hydrogen) atoms. The van der Waals surface area contributed by atoms with Crippen LogP contribution in [0, 0.1) is 6.92 Å². The predicted molar refractivity (Wildman–Crippen MR) is 160 cm³/mol. The fraction of sp³-hybridized carbons (Fsp3) is 0.290. The van der Waals surface area contributed by atoms with Gasteiger partial charge >= 0.3 is 6.18 Å². The highest BCUT2D eigenvalue weighted by atomic mass is 31.2. The number of ether oxygens (including phenoxy) is 1. The van der Waals surface area contributed by atoms with Gasteiger partial charge in [-0.05, 0) is 45.0 Å². The first-order valence-electron chi connectivity index (χ1n) is 13.8. The van der Waals surface area contributed by atoms with Gasteiger partial charge in [0.25, 0.3) is 0 Å². The highest BCUT2D eigenvalue weighted by Crippen LogP contribution is 2.63. The third-order valence-electron chi connectivity index (χ3n) is 7.53. The molecular formula is C31H32F3N6OP. The van der Waals surface area contributed by atoms with Crippen molar-refractivity contribution in [2.45, 2.75) is 39.2 Å². The van der Waals surface area contributed by atoms with Crippen LogP contribution in [0.1, 0.15) is 30.7 Å². The second-order valence-electron chi connectivity index (χ2n) is 10.6. The smallest absolute Gasteiger partial charge is 0.373 e. The van der Waals surface area contributed by atoms with E-state index in [9.17, 15) is 13.2 Å². The van der Waals surface area contributed by atoms with E-state index in [2.05, 4.69) is 4.67 Å². The first kappa shape index (κ1) is 28.4. The molecule has 4 aromatic rings. The molecule has 3 heterocycles. The van der Waals surface area contributed by atoms with Crippen LogP contribution in [0.2, 0.25) is 0 Å². The van der Waals surface area contributed by atoms with Gasteiger partial charge in [-0.3, -0.25) is 0 Å². The lowest BCUT2D eigenvalue weighted by Crippen LogP contribution is -2.50. The second-order valence-corrected chi connectivity index (χ2v) is 13.6. The number of alkyl halides is 3. The van der Waals surface area contributed by atoms with Gasteiger partial charge in [-0.1, -0.05) is 60.7 Å². The normalized spacial score (nSPS) is 22.9. The number of para-hydroxylation sites is 1. The Hall–Kier alpha value is -3.72. The summed E-state index contributed by atoms with van der Waals surface area (Å²) in [7, 11) is -1.31. The van der Waals surface area contributed by atoms with Gasteiger partial charge < -0.3 is 9.41 Å². The van der Waals surface area contributed by atoms with Gasteiger partial charge in [0.15, 0.2) is 13.2 Å². The number of aryl methyl sites for hydroxylation is 1. The fourth-order valence-electron chi connectivity index (χ4n) is 5.84. The number of benzene rings is 3. The molecule has 0 saturated carbocycles. The number of rotatable bonds is 4. The summed E-state index contributed by atoms with van der Waals surface area (Å²) in [6.45, 7) is 6.83. The van der Waals surface area contributed by atoms with Crippen LogP contribution in [0.3, 0.4) is 0 Å². The molecule has 7 nitrogen and oxygen atoms in total. The maximum absolute atomic E-state index is 14.4. The fourth-order valence-corrected chi connectivity index (χ4v) is 9.87. The van der Waals surface area contributed by atoms with E-state index in [1.165, 1.54) is 12.1 Å². The number of nitrogens with zero attached hydrogens (tertiary/aromatic N) is 6. The van der Waals surface area contributed by atoms with Crippen molar-refractivity contribution in [1.82, 2.24) is 19.1 Å². The van der Waals surface area contributed by atoms with Gasteiger partial charge in [0, 0.05) is 25.7 Å². The van der Waals surface area contributed by atoms with Crippen LogP contribution in [0.25, 0.3) is 5.69 Å². The summed E-state index contributed by atoms with van der Waals surface area (Å²) in [5.74, 6) is 1.19. The summed E-state index contributed by atoms with van der Waals surface area (Å²) in [6.07, 6.45) is -4.88. The van der Waals surface area contributed by atoms with E-state index in [-0.39, 0.29) is 17.9 Å². The molecule has 1 saturated heterocycles. The maximum atomic E-state index is 14.4. The first-order valence-corrected chi connectivity index (χ1v) is 15.5. The van der Waals surface area contributed by atoms with Gasteiger partial charge in [0.1, 0.15) is 5.84 Å². The van der Waals surface area contributed by atoms with Crippen molar-refractivity contribution in [3.05, 3.63) is 102 Å². The molecule has 0 aliphatic carbocycles. The topological polar surface area (TPSA) is 58.3 Å². The number of aliphatic imine (C=N–C) groups is 1. The van der Waals surface area contributed by atoms with E-state index in [4.69, 9.17) is 19.6 Å². The highest BCUT2D eigenvalue weighted by molar-refractivity contribution is 7.70. The van der Waals surface area contributed by atoms with Crippen molar-refractivity contribution in [2.24, 2.45) is 9.74 Å². The summed E-state index contributed by atoms with van der Waals surface area (Å²) in [5, 5.41) is 5.68. The van der Waals surface area contributed by atoms with Crippen molar-refractivity contribution < 1.29 is 17.9 Å². The molecule has 2 aliphatic rings. The Labute approximate surface area is 243 Å². The van der Waals surface area contributed by atoms with E-state index < -0.39 is 19.1 Å². The third kappa shape index (κ3) is 4.87. The Morgan fingerprint density at radius 1 is 0.881 bits per heavy atom. The molecule has 0 N–H and O–H groups in total. The quantitative estimate of drug-likeness (QED) is 0.233. The van der Waals surface area contributed by atoms with Crippen molar-refractivity contribution in [3.8, 4) is 5.69 Å². The summed E-state index contributed by atoms with van der Waals surface area (Å²) in [6, 6.07) is 24.9. The monoisotopic (exact) mass is 592 g/mol. The number of fused-ring (bicyclic) bond motifs is 1. The average Bonchev–Trinajstić information content (AvgIpc) is 3.30. The molecule has 218 valence electrons. The summed E-state index contributed by atoms with van der Waals surface area (Å²) in [5.41, 5.74) is 1.43. The molecule has 6 rings (SSSR count). The molecule has 3 atom stereocenters. The number of halogens is 3.